The van der Waals surface area contributed by atoms with Gasteiger partial charge < -0.3 is 15.2 Å². The third-order valence-corrected chi connectivity index (χ3v) is 5.78. The number of alkyl halides is 2. The van der Waals surface area contributed by atoms with E-state index in [1.165, 1.54) is 11.8 Å². The number of amides is 1. The Balaban J connectivity index is 1.53. The van der Waals surface area contributed by atoms with Crippen LogP contribution < -0.4 is 5.32 Å². The molecule has 2 N–H and O–H groups in total. The lowest BCUT2D eigenvalue weighted by Gasteiger charge is -2.22. The lowest BCUT2D eigenvalue weighted by molar-refractivity contribution is 0.0886. The molecule has 1 amide bonds. The molecule has 0 fully saturated rings. The minimum absolute atomic E-state index is 0.206. The zero-order valence-corrected chi connectivity index (χ0v) is 17.5. The summed E-state index contributed by atoms with van der Waals surface area (Å²) in [6.07, 6.45) is 7.57. The molecule has 1 aliphatic heterocycles. The van der Waals surface area contributed by atoms with Crippen LogP contribution in [-0.4, -0.2) is 63.3 Å². The van der Waals surface area contributed by atoms with Crippen molar-refractivity contribution in [3.63, 3.8) is 0 Å². The van der Waals surface area contributed by atoms with Crippen molar-refractivity contribution in [3.8, 4) is 11.1 Å². The van der Waals surface area contributed by atoms with Gasteiger partial charge >= 0.3 is 0 Å². The van der Waals surface area contributed by atoms with E-state index in [-0.39, 0.29) is 5.69 Å². The molecule has 4 aromatic rings. The van der Waals surface area contributed by atoms with Crippen LogP contribution in [0, 0.1) is 0 Å². The fourth-order valence-corrected chi connectivity index (χ4v) is 4.02. The summed E-state index contributed by atoms with van der Waals surface area (Å²) in [6.45, 7) is 1.23. The quantitative estimate of drug-likeness (QED) is 0.501. The molecule has 0 unspecified atom stereocenters. The van der Waals surface area contributed by atoms with E-state index < -0.39 is 18.9 Å². The lowest BCUT2D eigenvalue weighted by atomic mass is 9.99. The number of hydrogen-bond donors (Lipinski definition) is 2. The average molecular weight is 436 g/mol. The second-order valence-corrected chi connectivity index (χ2v) is 7.95. The minimum atomic E-state index is -2.61. The van der Waals surface area contributed by atoms with Crippen molar-refractivity contribution < 1.29 is 13.6 Å². The van der Waals surface area contributed by atoms with Crippen LogP contribution in [0.15, 0.2) is 49.1 Å². The number of H-pyrrole nitrogens is 1. The van der Waals surface area contributed by atoms with Gasteiger partial charge in [-0.05, 0) is 42.8 Å². The van der Waals surface area contributed by atoms with Crippen molar-refractivity contribution in [1.29, 1.82) is 0 Å². The zero-order chi connectivity index (χ0) is 22.2. The Kier molecular flexibility index (Phi) is 5.18. The van der Waals surface area contributed by atoms with Crippen LogP contribution in [0.25, 0.3) is 33.4 Å². The molecule has 0 radical (unpaired) electrons. The Morgan fingerprint density at radius 2 is 2.12 bits per heavy atom. The third-order valence-electron chi connectivity index (χ3n) is 5.78. The zero-order valence-electron chi connectivity index (χ0n) is 17.5. The fraction of sp³-hybridized carbons (Fsp3) is 0.261. The van der Waals surface area contributed by atoms with Crippen molar-refractivity contribution in [3.05, 3.63) is 60.3 Å². The number of halogens is 2. The first-order valence-electron chi connectivity index (χ1n) is 10.4. The number of rotatable bonds is 5. The maximum Gasteiger partial charge on any atom is 0.270 e. The predicted molar refractivity (Wildman–Crippen MR) is 119 cm³/mol. The monoisotopic (exact) mass is 436 g/mol. The first-order chi connectivity index (χ1) is 15.5. The van der Waals surface area contributed by atoms with Gasteiger partial charge in [-0.3, -0.25) is 9.20 Å². The standard InChI is InChI=1S/C23H22F2N6O/c1-30-6-4-14(5-7-30)16-8-17-18(10-28-22(17)27-9-16)15-2-3-21-26-11-19(31(21)13-15)23(32)29-12-20(24)25/h2-4,8-11,13,20H,5-7,12H2,1H3,(H,27,28)(H,29,32). The summed E-state index contributed by atoms with van der Waals surface area (Å²) in [5.74, 6) is -0.591. The second-order valence-electron chi connectivity index (χ2n) is 7.95. The molecule has 9 heteroatoms. The number of pyridine rings is 2. The van der Waals surface area contributed by atoms with Crippen molar-refractivity contribution in [2.75, 3.05) is 26.7 Å². The molecular weight excluding hydrogens is 414 g/mol. The van der Waals surface area contributed by atoms with Gasteiger partial charge in [0.25, 0.3) is 12.3 Å². The topological polar surface area (TPSA) is 78.3 Å². The molecule has 5 heterocycles. The number of nitrogens with zero attached hydrogens (tertiary/aromatic N) is 4. The molecular formula is C23H22F2N6O. The van der Waals surface area contributed by atoms with Crippen molar-refractivity contribution in [2.24, 2.45) is 0 Å². The predicted octanol–water partition coefficient (Wildman–Crippen LogP) is 3.59. The van der Waals surface area contributed by atoms with E-state index in [0.717, 1.165) is 47.2 Å². The highest BCUT2D eigenvalue weighted by molar-refractivity contribution is 5.96. The van der Waals surface area contributed by atoms with Gasteiger partial charge in [-0.2, -0.15) is 0 Å². The molecule has 0 saturated heterocycles. The van der Waals surface area contributed by atoms with Gasteiger partial charge in [0.2, 0.25) is 0 Å². The smallest absolute Gasteiger partial charge is 0.270 e. The highest BCUT2D eigenvalue weighted by Crippen LogP contribution is 2.31. The number of nitrogens with one attached hydrogen (secondary N) is 2. The van der Waals surface area contributed by atoms with E-state index in [0.29, 0.717) is 5.65 Å². The average Bonchev–Trinajstić information content (AvgIpc) is 3.41. The first kappa shape index (κ1) is 20.3. The van der Waals surface area contributed by atoms with Crippen LogP contribution in [0.3, 0.4) is 0 Å². The number of carbonyl (C=O) groups excluding carboxylic acids is 1. The first-order valence-corrected chi connectivity index (χ1v) is 10.4. The number of aromatic amines is 1. The third kappa shape index (κ3) is 3.75. The van der Waals surface area contributed by atoms with Gasteiger partial charge in [-0.1, -0.05) is 6.08 Å². The van der Waals surface area contributed by atoms with Gasteiger partial charge in [0.1, 0.15) is 17.0 Å². The fourth-order valence-electron chi connectivity index (χ4n) is 4.02. The summed E-state index contributed by atoms with van der Waals surface area (Å²) in [5, 5.41) is 3.21. The van der Waals surface area contributed by atoms with Crippen molar-refractivity contribution >= 4 is 28.2 Å². The molecule has 32 heavy (non-hydrogen) atoms. The van der Waals surface area contributed by atoms with Gasteiger partial charge in [0.15, 0.2) is 0 Å². The summed E-state index contributed by atoms with van der Waals surface area (Å²) in [4.78, 5) is 26.6. The molecule has 0 saturated carbocycles. The lowest BCUT2D eigenvalue weighted by Crippen LogP contribution is -2.29. The molecule has 0 atom stereocenters. The summed E-state index contributed by atoms with van der Waals surface area (Å²) >= 11 is 0. The number of aromatic nitrogens is 4. The van der Waals surface area contributed by atoms with Gasteiger partial charge in [0, 0.05) is 48.2 Å². The number of likely N-dealkylation sites (N-methyl/N-ethyl adjacent to an activating group) is 1. The molecule has 7 nitrogen and oxygen atoms in total. The van der Waals surface area contributed by atoms with Crippen LogP contribution in [0.4, 0.5) is 8.78 Å². The Labute approximate surface area is 182 Å². The van der Waals surface area contributed by atoms with Crippen LogP contribution >= 0.6 is 0 Å². The van der Waals surface area contributed by atoms with Crippen LogP contribution in [0.5, 0.6) is 0 Å². The normalized spacial score (nSPS) is 14.9. The van der Waals surface area contributed by atoms with E-state index >= 15 is 0 Å². The molecule has 0 spiro atoms. The molecule has 0 bridgehead atoms. The van der Waals surface area contributed by atoms with E-state index in [2.05, 4.69) is 44.4 Å². The Morgan fingerprint density at radius 1 is 1.25 bits per heavy atom. The number of fused-ring (bicyclic) bond motifs is 2. The highest BCUT2D eigenvalue weighted by atomic mass is 19.3. The Morgan fingerprint density at radius 3 is 2.91 bits per heavy atom. The maximum absolute atomic E-state index is 12.5. The largest absolute Gasteiger partial charge is 0.346 e. The Bertz CT molecular complexity index is 1340. The van der Waals surface area contributed by atoms with Gasteiger partial charge in [-0.25, -0.2) is 18.7 Å². The number of hydrogen-bond acceptors (Lipinski definition) is 4. The van der Waals surface area contributed by atoms with Gasteiger partial charge in [0.05, 0.1) is 12.7 Å². The van der Waals surface area contributed by atoms with Crippen LogP contribution in [0.2, 0.25) is 0 Å². The Hall–Kier alpha value is -3.59. The molecule has 5 rings (SSSR count). The van der Waals surface area contributed by atoms with Crippen LogP contribution in [0.1, 0.15) is 22.5 Å². The molecule has 1 aliphatic rings. The summed E-state index contributed by atoms with van der Waals surface area (Å²) in [6, 6.07) is 5.86. The molecule has 0 aromatic carbocycles. The molecule has 0 aliphatic carbocycles. The molecule has 164 valence electrons. The number of imidazole rings is 1. The van der Waals surface area contributed by atoms with Crippen LogP contribution in [-0.2, 0) is 0 Å². The maximum atomic E-state index is 12.5. The highest BCUT2D eigenvalue weighted by Gasteiger charge is 2.16. The summed E-state index contributed by atoms with van der Waals surface area (Å²) < 4.78 is 26.6. The van der Waals surface area contributed by atoms with Crippen molar-refractivity contribution in [2.45, 2.75) is 12.8 Å². The van der Waals surface area contributed by atoms with E-state index in [1.54, 1.807) is 16.7 Å². The SMILES string of the molecule is CN1CC=C(c2cnc3[nH]cc(-c4ccc5ncc(C(=O)NCC(F)F)n5c4)c3c2)CC1. The van der Waals surface area contributed by atoms with E-state index in [4.69, 9.17) is 0 Å². The second kappa shape index (κ2) is 8.16. The molecule has 4 aromatic heterocycles. The van der Waals surface area contributed by atoms with E-state index in [9.17, 15) is 13.6 Å². The summed E-state index contributed by atoms with van der Waals surface area (Å²) in [7, 11) is 2.10. The van der Waals surface area contributed by atoms with E-state index in [1.807, 2.05) is 18.5 Å². The minimum Gasteiger partial charge on any atom is -0.346 e. The van der Waals surface area contributed by atoms with Gasteiger partial charge in [-0.15, -0.1) is 0 Å². The summed E-state index contributed by atoms with van der Waals surface area (Å²) in [5.41, 5.74) is 5.73. The number of carbonyl (C=O) groups is 1. The van der Waals surface area contributed by atoms with Crippen molar-refractivity contribution in [1.82, 2.24) is 29.6 Å².